The number of rotatable bonds is 9. The Kier molecular flexibility index (Phi) is 8.43. The lowest BCUT2D eigenvalue weighted by Crippen LogP contribution is -2.27. The Hall–Kier alpha value is -3.14. The molecule has 0 amide bonds. The topological polar surface area (TPSA) is 82.3 Å². The zero-order valence-corrected chi connectivity index (χ0v) is 14.5. The van der Waals surface area contributed by atoms with Gasteiger partial charge in [-0.25, -0.2) is 4.39 Å². The fourth-order valence-electron chi connectivity index (χ4n) is 2.24. The summed E-state index contributed by atoms with van der Waals surface area (Å²) in [5.74, 6) is 0.694. The third kappa shape index (κ3) is 7.62. The second-order valence-electron chi connectivity index (χ2n) is 5.55. The summed E-state index contributed by atoms with van der Waals surface area (Å²) in [5.41, 5.74) is 0.816. The highest BCUT2D eigenvalue weighted by atomic mass is 19.1. The second-order valence-corrected chi connectivity index (χ2v) is 5.55. The molecule has 136 valence electrons. The Morgan fingerprint density at radius 3 is 2.73 bits per heavy atom. The number of anilines is 1. The molecule has 1 aromatic carbocycles. The number of pyridine rings is 1. The Bertz CT molecular complexity index is 730. The molecule has 0 fully saturated rings. The number of nitrogens with zero attached hydrogens (tertiary/aromatic N) is 3. The average Bonchev–Trinajstić information content (AvgIpc) is 2.65. The van der Waals surface area contributed by atoms with Crippen LogP contribution in [-0.4, -0.2) is 24.1 Å². The molecular weight excluding hydrogens is 333 g/mol. The van der Waals surface area contributed by atoms with E-state index in [1.54, 1.807) is 36.7 Å². The van der Waals surface area contributed by atoms with Gasteiger partial charge in [-0.3, -0.25) is 15.3 Å². The summed E-state index contributed by atoms with van der Waals surface area (Å²) in [5, 5.41) is 14.4. The van der Waals surface area contributed by atoms with Crippen molar-refractivity contribution in [2.24, 2.45) is 4.99 Å². The lowest BCUT2D eigenvalue weighted by molar-refractivity contribution is 0.303. The van der Waals surface area contributed by atoms with E-state index in [1.807, 2.05) is 6.19 Å². The van der Waals surface area contributed by atoms with E-state index in [0.29, 0.717) is 24.9 Å². The van der Waals surface area contributed by atoms with Crippen molar-refractivity contribution in [3.63, 3.8) is 0 Å². The number of nitrogens with one attached hydrogen (secondary N) is 2. The summed E-state index contributed by atoms with van der Waals surface area (Å²) in [6.07, 6.45) is 9.03. The molecule has 1 aromatic heterocycles. The average molecular weight is 355 g/mol. The lowest BCUT2D eigenvalue weighted by Gasteiger charge is -2.08. The van der Waals surface area contributed by atoms with Crippen molar-refractivity contribution < 1.29 is 9.13 Å². The summed E-state index contributed by atoms with van der Waals surface area (Å²) < 4.78 is 18.5. The number of aliphatic imine (C=N–C) groups is 1. The van der Waals surface area contributed by atoms with Crippen molar-refractivity contribution in [1.82, 2.24) is 10.3 Å². The molecule has 26 heavy (non-hydrogen) atoms. The van der Waals surface area contributed by atoms with Crippen LogP contribution in [0.1, 0.15) is 25.7 Å². The van der Waals surface area contributed by atoms with Crippen LogP contribution in [0.15, 0.2) is 53.8 Å². The number of ether oxygens (including phenoxy) is 1. The summed E-state index contributed by atoms with van der Waals surface area (Å²) in [6.45, 7) is 1.18. The van der Waals surface area contributed by atoms with Gasteiger partial charge in [-0.05, 0) is 43.5 Å². The van der Waals surface area contributed by atoms with E-state index < -0.39 is 0 Å². The van der Waals surface area contributed by atoms with Gasteiger partial charge in [-0.1, -0.05) is 12.5 Å². The van der Waals surface area contributed by atoms with Gasteiger partial charge in [0.25, 0.3) is 0 Å². The van der Waals surface area contributed by atoms with Gasteiger partial charge in [-0.15, -0.1) is 0 Å². The molecule has 0 spiro atoms. The molecule has 0 aliphatic carbocycles. The molecule has 2 rings (SSSR count). The van der Waals surface area contributed by atoms with Gasteiger partial charge in [-0.2, -0.15) is 5.26 Å². The molecule has 7 heteroatoms. The van der Waals surface area contributed by atoms with Crippen molar-refractivity contribution in [1.29, 1.82) is 5.26 Å². The number of hydrogen-bond acceptors (Lipinski definition) is 4. The lowest BCUT2D eigenvalue weighted by atomic mass is 10.2. The smallest absolute Gasteiger partial charge is 0.209 e. The van der Waals surface area contributed by atoms with E-state index in [1.165, 1.54) is 12.1 Å². The number of benzene rings is 1. The van der Waals surface area contributed by atoms with Crippen LogP contribution < -0.4 is 15.4 Å². The first kappa shape index (κ1) is 19.2. The number of halogens is 1. The highest BCUT2D eigenvalue weighted by Crippen LogP contribution is 2.12. The van der Waals surface area contributed by atoms with Crippen LogP contribution in [0.2, 0.25) is 0 Å². The molecule has 0 unspecified atom stereocenters. The number of aromatic nitrogens is 1. The minimum atomic E-state index is -0.289. The molecule has 2 aromatic rings. The SMILES string of the molecule is N#CNC(=NCCCCCCOc1cccc(F)c1)Nc1ccncc1. The van der Waals surface area contributed by atoms with Gasteiger partial charge in [0.2, 0.25) is 5.96 Å². The quantitative estimate of drug-likeness (QED) is 0.236. The van der Waals surface area contributed by atoms with Gasteiger partial charge in [0.05, 0.1) is 6.61 Å². The van der Waals surface area contributed by atoms with Gasteiger partial charge < -0.3 is 10.1 Å². The molecule has 0 saturated heterocycles. The molecule has 0 saturated carbocycles. The Morgan fingerprint density at radius 2 is 1.96 bits per heavy atom. The Morgan fingerprint density at radius 1 is 1.15 bits per heavy atom. The Balaban J connectivity index is 1.60. The first-order valence-corrected chi connectivity index (χ1v) is 8.53. The predicted octanol–water partition coefficient (Wildman–Crippen LogP) is 3.70. The molecule has 0 atom stereocenters. The molecule has 6 nitrogen and oxygen atoms in total. The van der Waals surface area contributed by atoms with Crippen LogP contribution in [-0.2, 0) is 0 Å². The standard InChI is InChI=1S/C19H22FN5O/c20-16-6-5-7-18(14-16)26-13-4-2-1-3-10-23-19(24-15-21)25-17-8-11-22-12-9-17/h5-9,11-12,14H,1-4,10,13H2,(H2,22,23,24,25). The molecule has 0 aliphatic rings. The molecule has 0 aliphatic heterocycles. The van der Waals surface area contributed by atoms with Crippen LogP contribution in [0.25, 0.3) is 0 Å². The fourth-order valence-corrected chi connectivity index (χ4v) is 2.24. The Labute approximate surface area is 152 Å². The van der Waals surface area contributed by atoms with Crippen LogP contribution >= 0.6 is 0 Å². The van der Waals surface area contributed by atoms with Gasteiger partial charge in [0.15, 0.2) is 6.19 Å². The number of hydrogen-bond donors (Lipinski definition) is 2. The number of nitriles is 1. The minimum Gasteiger partial charge on any atom is -0.493 e. The molecule has 0 bridgehead atoms. The van der Waals surface area contributed by atoms with E-state index in [9.17, 15) is 4.39 Å². The third-order valence-electron chi connectivity index (χ3n) is 3.50. The molecule has 0 radical (unpaired) electrons. The maximum absolute atomic E-state index is 13.0. The highest BCUT2D eigenvalue weighted by Gasteiger charge is 1.99. The second kappa shape index (κ2) is 11.4. The van der Waals surface area contributed by atoms with Crippen molar-refractivity contribution in [2.75, 3.05) is 18.5 Å². The van der Waals surface area contributed by atoms with Crippen LogP contribution in [0.5, 0.6) is 5.75 Å². The van der Waals surface area contributed by atoms with Crippen LogP contribution in [0.4, 0.5) is 10.1 Å². The van der Waals surface area contributed by atoms with Crippen molar-refractivity contribution >= 4 is 11.6 Å². The van der Waals surface area contributed by atoms with E-state index in [0.717, 1.165) is 31.4 Å². The summed E-state index contributed by atoms with van der Waals surface area (Å²) in [7, 11) is 0. The maximum atomic E-state index is 13.0. The monoisotopic (exact) mass is 355 g/mol. The highest BCUT2D eigenvalue weighted by molar-refractivity contribution is 5.94. The molecular formula is C19H22FN5O. The van der Waals surface area contributed by atoms with Crippen LogP contribution in [0.3, 0.4) is 0 Å². The zero-order chi connectivity index (χ0) is 18.5. The van der Waals surface area contributed by atoms with E-state index in [2.05, 4.69) is 20.6 Å². The van der Waals surface area contributed by atoms with Gasteiger partial charge >= 0.3 is 0 Å². The van der Waals surface area contributed by atoms with E-state index >= 15 is 0 Å². The summed E-state index contributed by atoms with van der Waals surface area (Å²) in [4.78, 5) is 8.30. The van der Waals surface area contributed by atoms with Crippen LogP contribution in [0, 0.1) is 17.3 Å². The van der Waals surface area contributed by atoms with E-state index in [4.69, 9.17) is 10.00 Å². The first-order chi connectivity index (χ1) is 12.8. The molecule has 2 N–H and O–H groups in total. The summed E-state index contributed by atoms with van der Waals surface area (Å²) in [6, 6.07) is 9.76. The maximum Gasteiger partial charge on any atom is 0.209 e. The number of guanidine groups is 1. The summed E-state index contributed by atoms with van der Waals surface area (Å²) >= 11 is 0. The largest absolute Gasteiger partial charge is 0.493 e. The predicted molar refractivity (Wildman–Crippen MR) is 99.3 cm³/mol. The van der Waals surface area contributed by atoms with E-state index in [-0.39, 0.29) is 5.82 Å². The minimum absolute atomic E-state index is 0.289. The number of unbranched alkanes of at least 4 members (excludes halogenated alkanes) is 3. The van der Waals surface area contributed by atoms with Gasteiger partial charge in [0, 0.05) is 30.7 Å². The van der Waals surface area contributed by atoms with Gasteiger partial charge in [0.1, 0.15) is 11.6 Å². The zero-order valence-electron chi connectivity index (χ0n) is 14.5. The third-order valence-corrected chi connectivity index (χ3v) is 3.50. The first-order valence-electron chi connectivity index (χ1n) is 8.53. The fraction of sp³-hybridized carbons (Fsp3) is 0.316. The van der Waals surface area contributed by atoms with Crippen molar-refractivity contribution in [3.05, 3.63) is 54.6 Å². The van der Waals surface area contributed by atoms with Crippen molar-refractivity contribution in [3.8, 4) is 11.9 Å². The molecule has 1 heterocycles. The normalized spacial score (nSPS) is 10.8. The van der Waals surface area contributed by atoms with Crippen molar-refractivity contribution in [2.45, 2.75) is 25.7 Å².